The number of halogens is 1. The van der Waals surface area contributed by atoms with Crippen molar-refractivity contribution in [1.29, 1.82) is 0 Å². The van der Waals surface area contributed by atoms with Crippen molar-refractivity contribution in [2.75, 3.05) is 5.32 Å². The Labute approximate surface area is 117 Å². The van der Waals surface area contributed by atoms with E-state index >= 15 is 0 Å². The molecular formula is C12H16ClN5O. The number of nitrogens with zero attached hydrogens (tertiary/aromatic N) is 1. The van der Waals surface area contributed by atoms with E-state index in [4.69, 9.17) is 11.5 Å². The van der Waals surface area contributed by atoms with Crippen LogP contribution in [0.1, 0.15) is 17.3 Å². The van der Waals surface area contributed by atoms with E-state index in [2.05, 4.69) is 15.6 Å². The Balaban J connectivity index is 0.00000180. The van der Waals surface area contributed by atoms with Crippen LogP contribution < -0.4 is 22.1 Å². The molecule has 0 saturated carbocycles. The molecule has 2 rings (SSSR count). The van der Waals surface area contributed by atoms with Crippen LogP contribution in [-0.4, -0.2) is 17.9 Å². The molecule has 19 heavy (non-hydrogen) atoms. The van der Waals surface area contributed by atoms with Gasteiger partial charge in [0.05, 0.1) is 11.9 Å². The lowest BCUT2D eigenvalue weighted by molar-refractivity contribution is 0.100. The van der Waals surface area contributed by atoms with Crippen molar-refractivity contribution in [3.05, 3.63) is 41.7 Å². The Morgan fingerprint density at radius 2 is 2.00 bits per heavy atom. The third kappa shape index (κ3) is 3.62. The second-order valence-corrected chi connectivity index (χ2v) is 4.19. The van der Waals surface area contributed by atoms with Gasteiger partial charge in [0.15, 0.2) is 0 Å². The number of nitrogens with two attached hydrogens (primary N) is 2. The maximum atomic E-state index is 10.9. The second kappa shape index (κ2) is 5.62. The summed E-state index contributed by atoms with van der Waals surface area (Å²) >= 11 is 0. The quantitative estimate of drug-likeness (QED) is 0.656. The van der Waals surface area contributed by atoms with Crippen LogP contribution in [-0.2, 0) is 0 Å². The van der Waals surface area contributed by atoms with E-state index in [1.807, 2.05) is 6.92 Å². The number of rotatable bonds is 3. The van der Waals surface area contributed by atoms with Crippen molar-refractivity contribution < 1.29 is 4.79 Å². The molecule has 6 N–H and O–H groups in total. The molecule has 1 aromatic carbocycles. The van der Waals surface area contributed by atoms with Crippen molar-refractivity contribution in [3.63, 3.8) is 0 Å². The number of nitrogens with one attached hydrogen (secondary N) is 2. The molecule has 0 aliphatic carbocycles. The topological polar surface area (TPSA) is 106 Å². The monoisotopic (exact) mass is 281 g/mol. The number of anilines is 1. The SMILES string of the molecule is CC1(Nc2ccc(C(N)=O)cc2)N=CC(N)=CN1.Cl. The summed E-state index contributed by atoms with van der Waals surface area (Å²) in [5, 5.41) is 6.23. The first-order chi connectivity index (χ1) is 8.48. The summed E-state index contributed by atoms with van der Waals surface area (Å²) in [6.07, 6.45) is 3.26. The molecular weight excluding hydrogens is 266 g/mol. The number of allylic oxidation sites excluding steroid dienone is 1. The number of aliphatic imine (C=N–C) groups is 1. The number of carbonyl (C=O) groups excluding carboxylic acids is 1. The van der Waals surface area contributed by atoms with Gasteiger partial charge in [0.2, 0.25) is 11.7 Å². The lowest BCUT2D eigenvalue weighted by Gasteiger charge is -2.30. The first-order valence-corrected chi connectivity index (χ1v) is 5.45. The molecule has 102 valence electrons. The van der Waals surface area contributed by atoms with E-state index in [0.29, 0.717) is 11.3 Å². The fourth-order valence-electron chi connectivity index (χ4n) is 1.57. The molecule has 0 radical (unpaired) electrons. The molecule has 1 unspecified atom stereocenters. The van der Waals surface area contributed by atoms with Gasteiger partial charge in [-0.3, -0.25) is 4.79 Å². The van der Waals surface area contributed by atoms with Gasteiger partial charge in [0.25, 0.3) is 0 Å². The molecule has 7 heteroatoms. The fourth-order valence-corrected chi connectivity index (χ4v) is 1.57. The van der Waals surface area contributed by atoms with E-state index in [9.17, 15) is 4.79 Å². The van der Waals surface area contributed by atoms with Crippen LogP contribution in [0.15, 0.2) is 41.2 Å². The minimum Gasteiger partial charge on any atom is -0.396 e. The van der Waals surface area contributed by atoms with Crippen molar-refractivity contribution in [1.82, 2.24) is 5.32 Å². The third-order valence-electron chi connectivity index (χ3n) is 2.55. The van der Waals surface area contributed by atoms with Crippen LogP contribution in [0.5, 0.6) is 0 Å². The molecule has 0 fully saturated rings. The Hall–Kier alpha value is -2.21. The maximum Gasteiger partial charge on any atom is 0.248 e. The van der Waals surface area contributed by atoms with Crippen molar-refractivity contribution in [3.8, 4) is 0 Å². The molecule has 1 atom stereocenters. The zero-order valence-corrected chi connectivity index (χ0v) is 11.2. The van der Waals surface area contributed by atoms with Crippen LogP contribution in [0.4, 0.5) is 5.69 Å². The lowest BCUT2D eigenvalue weighted by Crippen LogP contribution is -2.47. The van der Waals surface area contributed by atoms with E-state index < -0.39 is 11.7 Å². The highest BCUT2D eigenvalue weighted by Crippen LogP contribution is 2.16. The molecule has 0 aromatic heterocycles. The molecule has 0 saturated heterocycles. The summed E-state index contributed by atoms with van der Waals surface area (Å²) in [4.78, 5) is 15.2. The van der Waals surface area contributed by atoms with Crippen LogP contribution in [0, 0.1) is 0 Å². The number of amides is 1. The summed E-state index contributed by atoms with van der Waals surface area (Å²) in [5.74, 6) is -1.10. The highest BCUT2D eigenvalue weighted by Gasteiger charge is 2.22. The normalized spacial score (nSPS) is 20.8. The highest BCUT2D eigenvalue weighted by molar-refractivity contribution is 5.93. The molecule has 1 aromatic rings. The summed E-state index contributed by atoms with van der Waals surface area (Å²) in [6, 6.07) is 6.85. The summed E-state index contributed by atoms with van der Waals surface area (Å²) in [7, 11) is 0. The zero-order valence-electron chi connectivity index (χ0n) is 10.4. The Bertz CT molecular complexity index is 525. The molecule has 0 spiro atoms. The Morgan fingerprint density at radius 1 is 1.37 bits per heavy atom. The summed E-state index contributed by atoms with van der Waals surface area (Å²) < 4.78 is 0. The number of hydrogen-bond acceptors (Lipinski definition) is 5. The largest absolute Gasteiger partial charge is 0.396 e. The minimum atomic E-state index is -0.656. The van der Waals surface area contributed by atoms with Gasteiger partial charge in [0.1, 0.15) is 0 Å². The molecule has 1 aliphatic heterocycles. The van der Waals surface area contributed by atoms with Gasteiger partial charge in [-0.15, -0.1) is 12.4 Å². The van der Waals surface area contributed by atoms with Crippen LogP contribution in [0.25, 0.3) is 0 Å². The van der Waals surface area contributed by atoms with E-state index in [1.54, 1.807) is 36.7 Å². The fraction of sp³-hybridized carbons (Fsp3) is 0.167. The standard InChI is InChI=1S/C12H15N5O.ClH/c1-12(15-6-9(13)7-16-12)17-10-4-2-8(3-5-10)11(14)18;/h2-7,15,17H,13H2,1H3,(H2,14,18);1H. The molecule has 0 bridgehead atoms. The molecule has 1 amide bonds. The molecule has 6 nitrogen and oxygen atoms in total. The molecule has 1 heterocycles. The Morgan fingerprint density at radius 3 is 2.47 bits per heavy atom. The van der Waals surface area contributed by atoms with Gasteiger partial charge in [-0.1, -0.05) is 0 Å². The van der Waals surface area contributed by atoms with Gasteiger partial charge in [-0.05, 0) is 31.2 Å². The van der Waals surface area contributed by atoms with Gasteiger partial charge in [-0.2, -0.15) is 0 Å². The van der Waals surface area contributed by atoms with E-state index in [1.165, 1.54) is 0 Å². The zero-order chi connectivity index (χ0) is 13.2. The number of carbonyl (C=O) groups is 1. The van der Waals surface area contributed by atoms with Crippen molar-refractivity contribution in [2.24, 2.45) is 16.5 Å². The average molecular weight is 282 g/mol. The average Bonchev–Trinajstić information content (AvgIpc) is 2.34. The van der Waals surface area contributed by atoms with Crippen LogP contribution >= 0.6 is 12.4 Å². The smallest absolute Gasteiger partial charge is 0.248 e. The van der Waals surface area contributed by atoms with Crippen molar-refractivity contribution in [2.45, 2.75) is 12.7 Å². The van der Waals surface area contributed by atoms with Gasteiger partial charge in [0, 0.05) is 17.5 Å². The first-order valence-electron chi connectivity index (χ1n) is 5.45. The third-order valence-corrected chi connectivity index (χ3v) is 2.55. The van der Waals surface area contributed by atoms with Crippen LogP contribution in [0.2, 0.25) is 0 Å². The highest BCUT2D eigenvalue weighted by atomic mass is 35.5. The number of hydrogen-bond donors (Lipinski definition) is 4. The van der Waals surface area contributed by atoms with Gasteiger partial charge >= 0.3 is 0 Å². The van der Waals surface area contributed by atoms with E-state index in [0.717, 1.165) is 5.69 Å². The van der Waals surface area contributed by atoms with Gasteiger partial charge in [-0.25, -0.2) is 4.99 Å². The maximum absolute atomic E-state index is 10.9. The second-order valence-electron chi connectivity index (χ2n) is 4.19. The van der Waals surface area contributed by atoms with Crippen LogP contribution in [0.3, 0.4) is 0 Å². The van der Waals surface area contributed by atoms with E-state index in [-0.39, 0.29) is 12.4 Å². The Kier molecular flexibility index (Phi) is 4.39. The number of benzene rings is 1. The lowest BCUT2D eigenvalue weighted by atomic mass is 10.2. The van der Waals surface area contributed by atoms with Gasteiger partial charge < -0.3 is 22.1 Å². The molecule has 1 aliphatic rings. The predicted octanol–water partition coefficient (Wildman–Crippen LogP) is 0.767. The first kappa shape index (κ1) is 14.8. The van der Waals surface area contributed by atoms with Crippen molar-refractivity contribution >= 4 is 30.2 Å². The minimum absolute atomic E-state index is 0. The predicted molar refractivity (Wildman–Crippen MR) is 78.1 cm³/mol. The summed E-state index contributed by atoms with van der Waals surface area (Å²) in [5.41, 5.74) is 12.6. The number of primary amides is 1. The summed E-state index contributed by atoms with van der Waals surface area (Å²) in [6.45, 7) is 1.87.